The number of rotatable bonds is 4. The zero-order valence-electron chi connectivity index (χ0n) is 13.3. The standard InChI is InChI=1S/C17H15F2N5O/c18-12-4-1-3-11(15(12)19)10-24-8-2-5-14(24)17-23-22-16(25-17)13-9-20-6-7-21-13/h1,3-4,6-7,9,14H,2,5,8,10H2. The first-order valence-corrected chi connectivity index (χ1v) is 7.99. The van der Waals surface area contributed by atoms with Gasteiger partial charge in [0.15, 0.2) is 11.6 Å². The number of hydrogen-bond donors (Lipinski definition) is 0. The summed E-state index contributed by atoms with van der Waals surface area (Å²) in [6.07, 6.45) is 6.40. The Morgan fingerprint density at radius 3 is 2.96 bits per heavy atom. The van der Waals surface area contributed by atoms with Crippen molar-refractivity contribution in [2.75, 3.05) is 6.54 Å². The number of aromatic nitrogens is 4. The van der Waals surface area contributed by atoms with E-state index < -0.39 is 11.6 Å². The van der Waals surface area contributed by atoms with Gasteiger partial charge in [-0.25, -0.2) is 13.8 Å². The fourth-order valence-corrected chi connectivity index (χ4v) is 3.07. The maximum atomic E-state index is 13.9. The van der Waals surface area contributed by atoms with E-state index in [4.69, 9.17) is 4.42 Å². The Hall–Kier alpha value is -2.74. The molecule has 0 spiro atoms. The van der Waals surface area contributed by atoms with Crippen LogP contribution in [0.3, 0.4) is 0 Å². The molecule has 1 atom stereocenters. The highest BCUT2D eigenvalue weighted by Gasteiger charge is 2.31. The van der Waals surface area contributed by atoms with Crippen molar-refractivity contribution in [3.8, 4) is 11.6 Å². The van der Waals surface area contributed by atoms with Gasteiger partial charge in [0.2, 0.25) is 5.89 Å². The van der Waals surface area contributed by atoms with Crippen LogP contribution in [0.5, 0.6) is 0 Å². The largest absolute Gasteiger partial charge is 0.417 e. The highest BCUT2D eigenvalue weighted by atomic mass is 19.2. The lowest BCUT2D eigenvalue weighted by atomic mass is 10.1. The maximum Gasteiger partial charge on any atom is 0.267 e. The molecule has 1 aromatic carbocycles. The van der Waals surface area contributed by atoms with Gasteiger partial charge in [-0.1, -0.05) is 12.1 Å². The zero-order chi connectivity index (χ0) is 17.2. The number of halogens is 2. The Bertz CT molecular complexity index is 870. The molecule has 3 heterocycles. The molecule has 1 fully saturated rings. The maximum absolute atomic E-state index is 13.9. The summed E-state index contributed by atoms with van der Waals surface area (Å²) >= 11 is 0. The summed E-state index contributed by atoms with van der Waals surface area (Å²) in [5.41, 5.74) is 0.822. The minimum Gasteiger partial charge on any atom is -0.417 e. The van der Waals surface area contributed by atoms with Crippen LogP contribution in [-0.4, -0.2) is 31.6 Å². The van der Waals surface area contributed by atoms with Crippen molar-refractivity contribution in [2.24, 2.45) is 0 Å². The molecular formula is C17H15F2N5O. The molecule has 128 valence electrons. The van der Waals surface area contributed by atoms with E-state index >= 15 is 0 Å². The predicted molar refractivity (Wildman–Crippen MR) is 84.1 cm³/mol. The van der Waals surface area contributed by atoms with Gasteiger partial charge in [-0.05, 0) is 25.5 Å². The second-order valence-corrected chi connectivity index (χ2v) is 5.88. The van der Waals surface area contributed by atoms with Crippen LogP contribution in [0.4, 0.5) is 8.78 Å². The first kappa shape index (κ1) is 15.8. The van der Waals surface area contributed by atoms with Gasteiger partial charge in [-0.2, -0.15) is 0 Å². The second kappa shape index (κ2) is 6.64. The average molecular weight is 343 g/mol. The summed E-state index contributed by atoms with van der Waals surface area (Å²) in [6, 6.07) is 4.09. The van der Waals surface area contributed by atoms with Crippen molar-refractivity contribution in [1.82, 2.24) is 25.1 Å². The molecule has 3 aromatic rings. The third-order valence-corrected chi connectivity index (χ3v) is 4.28. The van der Waals surface area contributed by atoms with Crippen LogP contribution in [0, 0.1) is 11.6 Å². The minimum absolute atomic E-state index is 0.124. The molecule has 1 aliphatic rings. The molecule has 1 saturated heterocycles. The van der Waals surface area contributed by atoms with E-state index in [1.54, 1.807) is 24.7 Å². The Kier molecular flexibility index (Phi) is 4.19. The Morgan fingerprint density at radius 1 is 1.20 bits per heavy atom. The van der Waals surface area contributed by atoms with Crippen molar-refractivity contribution < 1.29 is 13.2 Å². The summed E-state index contributed by atoms with van der Waals surface area (Å²) in [6.45, 7) is 1.04. The van der Waals surface area contributed by atoms with Gasteiger partial charge in [-0.3, -0.25) is 9.88 Å². The van der Waals surface area contributed by atoms with Gasteiger partial charge in [0.25, 0.3) is 5.89 Å². The van der Waals surface area contributed by atoms with Crippen LogP contribution >= 0.6 is 0 Å². The SMILES string of the molecule is Fc1cccc(CN2CCCC2c2nnc(-c3cnccn3)o2)c1F. The molecule has 1 aliphatic heterocycles. The summed E-state index contributed by atoms with van der Waals surface area (Å²) in [5.74, 6) is -0.892. The Balaban J connectivity index is 1.56. The average Bonchev–Trinajstić information content (AvgIpc) is 3.29. The quantitative estimate of drug-likeness (QED) is 0.725. The predicted octanol–water partition coefficient (Wildman–Crippen LogP) is 3.14. The van der Waals surface area contributed by atoms with E-state index in [1.165, 1.54) is 6.07 Å². The van der Waals surface area contributed by atoms with Crippen LogP contribution in [-0.2, 0) is 6.54 Å². The normalized spacial score (nSPS) is 17.9. The lowest BCUT2D eigenvalue weighted by Crippen LogP contribution is -2.23. The van der Waals surface area contributed by atoms with Crippen molar-refractivity contribution in [3.05, 3.63) is 59.9 Å². The zero-order valence-corrected chi connectivity index (χ0v) is 13.3. The van der Waals surface area contributed by atoms with Crippen LogP contribution in [0.25, 0.3) is 11.6 Å². The Morgan fingerprint density at radius 2 is 2.12 bits per heavy atom. The van der Waals surface area contributed by atoms with Gasteiger partial charge in [-0.15, -0.1) is 10.2 Å². The number of hydrogen-bond acceptors (Lipinski definition) is 6. The minimum atomic E-state index is -0.837. The van der Waals surface area contributed by atoms with Crippen molar-refractivity contribution in [2.45, 2.75) is 25.4 Å². The van der Waals surface area contributed by atoms with Crippen molar-refractivity contribution >= 4 is 0 Å². The fourth-order valence-electron chi connectivity index (χ4n) is 3.07. The van der Waals surface area contributed by atoms with E-state index in [2.05, 4.69) is 20.2 Å². The molecule has 0 amide bonds. The molecule has 6 nitrogen and oxygen atoms in total. The third-order valence-electron chi connectivity index (χ3n) is 4.28. The number of nitrogens with zero attached hydrogens (tertiary/aromatic N) is 5. The third kappa shape index (κ3) is 3.12. The molecule has 2 aromatic heterocycles. The second-order valence-electron chi connectivity index (χ2n) is 5.88. The lowest BCUT2D eigenvalue weighted by molar-refractivity contribution is 0.212. The van der Waals surface area contributed by atoms with E-state index in [0.29, 0.717) is 23.0 Å². The topological polar surface area (TPSA) is 67.9 Å². The van der Waals surface area contributed by atoms with Gasteiger partial charge in [0.05, 0.1) is 12.2 Å². The van der Waals surface area contributed by atoms with E-state index in [0.717, 1.165) is 25.5 Å². The van der Waals surface area contributed by atoms with Gasteiger partial charge >= 0.3 is 0 Å². The smallest absolute Gasteiger partial charge is 0.267 e. The molecule has 25 heavy (non-hydrogen) atoms. The van der Waals surface area contributed by atoms with Crippen molar-refractivity contribution in [3.63, 3.8) is 0 Å². The lowest BCUT2D eigenvalue weighted by Gasteiger charge is -2.21. The van der Waals surface area contributed by atoms with E-state index in [1.807, 2.05) is 4.90 Å². The highest BCUT2D eigenvalue weighted by Crippen LogP contribution is 2.33. The molecular weight excluding hydrogens is 328 g/mol. The van der Waals surface area contributed by atoms with Crippen LogP contribution in [0.1, 0.15) is 30.3 Å². The monoisotopic (exact) mass is 343 g/mol. The van der Waals surface area contributed by atoms with Gasteiger partial charge in [0.1, 0.15) is 5.69 Å². The summed E-state index contributed by atoms with van der Waals surface area (Å²) in [4.78, 5) is 10.1. The van der Waals surface area contributed by atoms with Gasteiger partial charge < -0.3 is 4.42 Å². The molecule has 1 unspecified atom stereocenters. The molecule has 0 radical (unpaired) electrons. The molecule has 0 saturated carbocycles. The number of likely N-dealkylation sites (tertiary alicyclic amines) is 1. The molecule has 0 aliphatic carbocycles. The molecule has 0 N–H and O–H groups in total. The van der Waals surface area contributed by atoms with Crippen LogP contribution < -0.4 is 0 Å². The molecule has 0 bridgehead atoms. The molecule has 8 heteroatoms. The van der Waals surface area contributed by atoms with Crippen LogP contribution in [0.2, 0.25) is 0 Å². The molecule has 4 rings (SSSR count). The van der Waals surface area contributed by atoms with Crippen molar-refractivity contribution in [1.29, 1.82) is 0 Å². The first-order valence-electron chi connectivity index (χ1n) is 7.99. The summed E-state index contributed by atoms with van der Waals surface area (Å²) < 4.78 is 33.1. The van der Waals surface area contributed by atoms with E-state index in [9.17, 15) is 8.78 Å². The summed E-state index contributed by atoms with van der Waals surface area (Å²) in [7, 11) is 0. The number of benzene rings is 1. The first-order chi connectivity index (χ1) is 12.2. The Labute approximate surface area is 142 Å². The van der Waals surface area contributed by atoms with E-state index in [-0.39, 0.29) is 12.6 Å². The van der Waals surface area contributed by atoms with Crippen LogP contribution in [0.15, 0.2) is 41.2 Å². The fraction of sp³-hybridized carbons (Fsp3) is 0.294. The summed E-state index contributed by atoms with van der Waals surface area (Å²) in [5, 5.41) is 8.14. The highest BCUT2D eigenvalue weighted by molar-refractivity contribution is 5.43. The van der Waals surface area contributed by atoms with Gasteiger partial charge in [0, 0.05) is 24.5 Å².